The van der Waals surface area contributed by atoms with Gasteiger partial charge in [0.15, 0.2) is 0 Å². The molecule has 1 aromatic rings. The highest BCUT2D eigenvalue weighted by Gasteiger charge is 2.30. The van der Waals surface area contributed by atoms with Crippen molar-refractivity contribution in [3.63, 3.8) is 0 Å². The van der Waals surface area contributed by atoms with Gasteiger partial charge < -0.3 is 20.1 Å². The Kier molecular flexibility index (Phi) is 7.14. The van der Waals surface area contributed by atoms with Gasteiger partial charge >= 0.3 is 0 Å². The average molecular weight is 383 g/mol. The van der Waals surface area contributed by atoms with E-state index in [0.717, 1.165) is 12.8 Å². The van der Waals surface area contributed by atoms with Crippen LogP contribution in [-0.4, -0.2) is 32.1 Å². The number of amides is 2. The number of anilines is 1. The molecule has 0 saturated heterocycles. The van der Waals surface area contributed by atoms with E-state index in [4.69, 9.17) is 21.1 Å². The van der Waals surface area contributed by atoms with Crippen molar-refractivity contribution in [1.82, 2.24) is 5.32 Å². The predicted molar refractivity (Wildman–Crippen MR) is 102 cm³/mol. The Morgan fingerprint density at radius 1 is 1.00 bits per heavy atom. The van der Waals surface area contributed by atoms with Gasteiger partial charge in [-0.05, 0) is 39.5 Å². The third-order valence-electron chi connectivity index (χ3n) is 4.63. The second-order valence-corrected chi connectivity index (χ2v) is 7.30. The Labute approximate surface area is 159 Å². The van der Waals surface area contributed by atoms with E-state index >= 15 is 0 Å². The Balaban J connectivity index is 1.98. The highest BCUT2D eigenvalue weighted by molar-refractivity contribution is 6.32. The van der Waals surface area contributed by atoms with Crippen LogP contribution in [0.1, 0.15) is 39.5 Å². The number of hydrogen-bond donors (Lipinski definition) is 2. The molecule has 0 heterocycles. The number of methoxy groups -OCH3 is 2. The molecule has 26 heavy (non-hydrogen) atoms. The highest BCUT2D eigenvalue weighted by atomic mass is 35.5. The van der Waals surface area contributed by atoms with Crippen molar-refractivity contribution >= 4 is 29.1 Å². The molecular formula is C19H27ClN2O4. The number of carbonyl (C=O) groups excluding carboxylic acids is 2. The quantitative estimate of drug-likeness (QED) is 0.787. The van der Waals surface area contributed by atoms with Gasteiger partial charge in [-0.25, -0.2) is 0 Å². The molecule has 7 heteroatoms. The third kappa shape index (κ3) is 5.04. The first-order chi connectivity index (χ1) is 12.3. The van der Waals surface area contributed by atoms with Gasteiger partial charge in [-0.1, -0.05) is 11.6 Å². The molecule has 0 spiro atoms. The van der Waals surface area contributed by atoms with Crippen molar-refractivity contribution in [2.75, 3.05) is 19.5 Å². The molecular weight excluding hydrogens is 356 g/mol. The summed E-state index contributed by atoms with van der Waals surface area (Å²) < 4.78 is 10.5. The van der Waals surface area contributed by atoms with E-state index < -0.39 is 0 Å². The molecule has 1 saturated carbocycles. The van der Waals surface area contributed by atoms with Crippen LogP contribution in [0.4, 0.5) is 5.69 Å². The van der Waals surface area contributed by atoms with Crippen LogP contribution in [0.2, 0.25) is 5.02 Å². The lowest BCUT2D eigenvalue weighted by Crippen LogP contribution is -2.38. The number of benzene rings is 1. The van der Waals surface area contributed by atoms with Gasteiger partial charge in [0, 0.05) is 30.0 Å². The van der Waals surface area contributed by atoms with E-state index in [1.165, 1.54) is 14.2 Å². The van der Waals surface area contributed by atoms with Crippen LogP contribution in [0.3, 0.4) is 0 Å². The lowest BCUT2D eigenvalue weighted by Gasteiger charge is -2.27. The van der Waals surface area contributed by atoms with Gasteiger partial charge in [0.2, 0.25) is 11.8 Å². The van der Waals surface area contributed by atoms with E-state index in [2.05, 4.69) is 10.6 Å². The molecule has 144 valence electrons. The summed E-state index contributed by atoms with van der Waals surface area (Å²) in [4.78, 5) is 24.7. The molecule has 0 aromatic heterocycles. The molecule has 1 aromatic carbocycles. The average Bonchev–Trinajstić information content (AvgIpc) is 2.62. The first-order valence-electron chi connectivity index (χ1n) is 8.88. The largest absolute Gasteiger partial charge is 0.495 e. The smallest absolute Gasteiger partial charge is 0.227 e. The lowest BCUT2D eigenvalue weighted by atomic mass is 9.81. The molecule has 0 bridgehead atoms. The molecule has 0 radical (unpaired) electrons. The van der Waals surface area contributed by atoms with Crippen molar-refractivity contribution in [2.24, 2.45) is 11.8 Å². The lowest BCUT2D eigenvalue weighted by molar-refractivity contribution is -0.128. The van der Waals surface area contributed by atoms with E-state index in [-0.39, 0.29) is 29.7 Å². The molecule has 6 nitrogen and oxygen atoms in total. The maximum Gasteiger partial charge on any atom is 0.227 e. The van der Waals surface area contributed by atoms with Gasteiger partial charge in [0.1, 0.15) is 11.5 Å². The van der Waals surface area contributed by atoms with Gasteiger partial charge in [-0.15, -0.1) is 0 Å². The zero-order valence-corrected chi connectivity index (χ0v) is 16.5. The molecule has 1 aliphatic carbocycles. The zero-order valence-electron chi connectivity index (χ0n) is 15.7. The zero-order chi connectivity index (χ0) is 19.3. The third-order valence-corrected chi connectivity index (χ3v) is 4.93. The minimum Gasteiger partial charge on any atom is -0.495 e. The van der Waals surface area contributed by atoms with Crippen molar-refractivity contribution < 1.29 is 19.1 Å². The van der Waals surface area contributed by atoms with Crippen LogP contribution in [0.15, 0.2) is 12.1 Å². The van der Waals surface area contributed by atoms with E-state index in [9.17, 15) is 9.59 Å². The molecule has 0 aliphatic heterocycles. The summed E-state index contributed by atoms with van der Waals surface area (Å²) in [5.74, 6) is 0.834. The summed E-state index contributed by atoms with van der Waals surface area (Å²) in [6.45, 7) is 3.90. The Bertz CT molecular complexity index is 655. The first kappa shape index (κ1) is 20.4. The SMILES string of the molecule is COc1cc(NC(=O)C2CCC(C(=O)NC(C)C)CC2)c(OC)cc1Cl. The Morgan fingerprint density at radius 2 is 1.54 bits per heavy atom. The van der Waals surface area contributed by atoms with E-state index in [1.807, 2.05) is 13.8 Å². The minimum atomic E-state index is -0.121. The number of carbonyl (C=O) groups is 2. The fourth-order valence-electron chi connectivity index (χ4n) is 3.21. The van der Waals surface area contributed by atoms with Crippen LogP contribution < -0.4 is 20.1 Å². The maximum absolute atomic E-state index is 12.6. The van der Waals surface area contributed by atoms with Crippen molar-refractivity contribution in [2.45, 2.75) is 45.6 Å². The molecule has 0 atom stereocenters. The first-order valence-corrected chi connectivity index (χ1v) is 9.26. The summed E-state index contributed by atoms with van der Waals surface area (Å²) >= 11 is 6.09. The second kappa shape index (κ2) is 9.12. The molecule has 2 N–H and O–H groups in total. The molecule has 2 rings (SSSR count). The summed E-state index contributed by atoms with van der Waals surface area (Å²) in [6.07, 6.45) is 2.82. The van der Waals surface area contributed by atoms with Crippen LogP contribution >= 0.6 is 11.6 Å². The fourth-order valence-corrected chi connectivity index (χ4v) is 3.44. The summed E-state index contributed by atoms with van der Waals surface area (Å²) in [5.41, 5.74) is 0.526. The maximum atomic E-state index is 12.6. The van der Waals surface area contributed by atoms with Crippen LogP contribution in [0, 0.1) is 11.8 Å². The number of nitrogens with one attached hydrogen (secondary N) is 2. The molecule has 1 aliphatic rings. The second-order valence-electron chi connectivity index (χ2n) is 6.89. The number of halogens is 1. The van der Waals surface area contributed by atoms with Crippen molar-refractivity contribution in [1.29, 1.82) is 0 Å². The standard InChI is InChI=1S/C19H27ClN2O4/c1-11(2)21-18(23)12-5-7-13(8-6-12)19(24)22-15-10-16(25-3)14(20)9-17(15)26-4/h9-13H,5-8H2,1-4H3,(H,21,23)(H,22,24). The van der Waals surface area contributed by atoms with Crippen LogP contribution in [-0.2, 0) is 9.59 Å². The Morgan fingerprint density at radius 3 is 2.04 bits per heavy atom. The van der Waals surface area contributed by atoms with E-state index in [1.54, 1.807) is 12.1 Å². The van der Waals surface area contributed by atoms with Crippen molar-refractivity contribution in [3.05, 3.63) is 17.2 Å². The molecule has 1 fully saturated rings. The summed E-state index contributed by atoms with van der Waals surface area (Å²) in [6, 6.07) is 3.40. The fraction of sp³-hybridized carbons (Fsp3) is 0.579. The van der Waals surface area contributed by atoms with Gasteiger partial charge in [-0.2, -0.15) is 0 Å². The van der Waals surface area contributed by atoms with Gasteiger partial charge in [0.05, 0.1) is 24.9 Å². The molecule has 2 amide bonds. The van der Waals surface area contributed by atoms with Crippen LogP contribution in [0.5, 0.6) is 11.5 Å². The van der Waals surface area contributed by atoms with E-state index in [0.29, 0.717) is 35.1 Å². The topological polar surface area (TPSA) is 76.7 Å². The predicted octanol–water partition coefficient (Wildman–Crippen LogP) is 3.63. The van der Waals surface area contributed by atoms with Gasteiger partial charge in [-0.3, -0.25) is 9.59 Å². The number of ether oxygens (including phenoxy) is 2. The van der Waals surface area contributed by atoms with Crippen LogP contribution in [0.25, 0.3) is 0 Å². The summed E-state index contributed by atoms with van der Waals surface area (Å²) in [7, 11) is 3.04. The number of hydrogen-bond acceptors (Lipinski definition) is 4. The normalized spacial score (nSPS) is 19.8. The monoisotopic (exact) mass is 382 g/mol. The Hall–Kier alpha value is -1.95. The minimum absolute atomic E-state index is 0.00777. The number of rotatable bonds is 6. The summed E-state index contributed by atoms with van der Waals surface area (Å²) in [5, 5.41) is 6.27. The van der Waals surface area contributed by atoms with Gasteiger partial charge in [0.25, 0.3) is 0 Å². The highest BCUT2D eigenvalue weighted by Crippen LogP contribution is 2.37. The van der Waals surface area contributed by atoms with Crippen molar-refractivity contribution in [3.8, 4) is 11.5 Å². The molecule has 0 unspecified atom stereocenters.